The van der Waals surface area contributed by atoms with E-state index in [0.29, 0.717) is 10.7 Å². The standard InChI is InChI=1S/C15H18N2OS/c1-10-6-2-5-9-13(10)17-14(18)11-7-3-4-8-12(11)16-15(17)19/h3-4,7-8,10,13H,2,5-6,9H2,1H3,(H,16,19)/t10-,13+/m1/s1. The zero-order chi connectivity index (χ0) is 13.4. The molecule has 1 saturated carbocycles. The lowest BCUT2D eigenvalue weighted by atomic mass is 9.86. The zero-order valence-corrected chi connectivity index (χ0v) is 11.9. The van der Waals surface area contributed by atoms with E-state index < -0.39 is 0 Å². The van der Waals surface area contributed by atoms with E-state index in [1.807, 2.05) is 28.8 Å². The van der Waals surface area contributed by atoms with Gasteiger partial charge in [-0.3, -0.25) is 9.36 Å². The molecule has 1 aromatic heterocycles. The van der Waals surface area contributed by atoms with Gasteiger partial charge < -0.3 is 4.98 Å². The molecule has 0 radical (unpaired) electrons. The highest BCUT2D eigenvalue weighted by Crippen LogP contribution is 2.32. The summed E-state index contributed by atoms with van der Waals surface area (Å²) in [6, 6.07) is 7.83. The number of aromatic amines is 1. The van der Waals surface area contributed by atoms with Gasteiger partial charge in [0, 0.05) is 6.04 Å². The lowest BCUT2D eigenvalue weighted by molar-refractivity contribution is 0.249. The molecule has 4 heteroatoms. The Balaban J connectivity index is 2.23. The second kappa shape index (κ2) is 4.93. The zero-order valence-electron chi connectivity index (χ0n) is 11.1. The predicted molar refractivity (Wildman–Crippen MR) is 80.1 cm³/mol. The minimum atomic E-state index is 0.0538. The van der Waals surface area contributed by atoms with E-state index in [9.17, 15) is 4.79 Å². The molecule has 0 unspecified atom stereocenters. The average Bonchev–Trinajstić information content (AvgIpc) is 2.41. The van der Waals surface area contributed by atoms with Crippen LogP contribution in [0, 0.1) is 10.7 Å². The van der Waals surface area contributed by atoms with Crippen molar-refractivity contribution in [2.75, 3.05) is 0 Å². The molecule has 0 saturated heterocycles. The van der Waals surface area contributed by atoms with Crippen molar-refractivity contribution >= 4 is 23.1 Å². The van der Waals surface area contributed by atoms with Crippen molar-refractivity contribution in [3.8, 4) is 0 Å². The minimum Gasteiger partial charge on any atom is -0.332 e. The van der Waals surface area contributed by atoms with Crippen LogP contribution in [-0.4, -0.2) is 9.55 Å². The van der Waals surface area contributed by atoms with Gasteiger partial charge in [-0.15, -0.1) is 0 Å². The van der Waals surface area contributed by atoms with Crippen molar-refractivity contribution in [3.63, 3.8) is 0 Å². The largest absolute Gasteiger partial charge is 0.332 e. The van der Waals surface area contributed by atoms with E-state index in [0.717, 1.165) is 17.3 Å². The van der Waals surface area contributed by atoms with Crippen molar-refractivity contribution in [2.45, 2.75) is 38.6 Å². The van der Waals surface area contributed by atoms with E-state index in [1.54, 1.807) is 0 Å². The fourth-order valence-corrected chi connectivity index (χ4v) is 3.49. The van der Waals surface area contributed by atoms with Crippen LogP contribution >= 0.6 is 12.2 Å². The Kier molecular flexibility index (Phi) is 3.27. The van der Waals surface area contributed by atoms with Crippen LogP contribution < -0.4 is 5.56 Å². The molecule has 1 fully saturated rings. The average molecular weight is 274 g/mol. The van der Waals surface area contributed by atoms with Gasteiger partial charge in [-0.25, -0.2) is 0 Å². The number of fused-ring (bicyclic) bond motifs is 1. The smallest absolute Gasteiger partial charge is 0.262 e. The number of aromatic nitrogens is 2. The lowest BCUT2D eigenvalue weighted by Crippen LogP contribution is -2.31. The molecule has 19 heavy (non-hydrogen) atoms. The molecule has 1 N–H and O–H groups in total. The Hall–Kier alpha value is -1.42. The SMILES string of the molecule is C[C@@H]1CCCC[C@@H]1n1c(=S)[nH]c2ccccc2c1=O. The van der Waals surface area contributed by atoms with Gasteiger partial charge in [0.05, 0.1) is 10.9 Å². The second-order valence-corrected chi connectivity index (χ2v) is 5.87. The number of H-pyrrole nitrogens is 1. The number of hydrogen-bond donors (Lipinski definition) is 1. The van der Waals surface area contributed by atoms with Gasteiger partial charge in [-0.2, -0.15) is 0 Å². The molecule has 2 aromatic rings. The van der Waals surface area contributed by atoms with Crippen molar-refractivity contribution in [1.82, 2.24) is 9.55 Å². The third kappa shape index (κ3) is 2.14. The first kappa shape index (κ1) is 12.6. The van der Waals surface area contributed by atoms with Crippen LogP contribution in [0.2, 0.25) is 0 Å². The topological polar surface area (TPSA) is 37.8 Å². The molecular weight excluding hydrogens is 256 g/mol. The fourth-order valence-electron chi connectivity index (χ4n) is 3.16. The Labute approximate surface area is 117 Å². The highest BCUT2D eigenvalue weighted by atomic mass is 32.1. The van der Waals surface area contributed by atoms with Crippen LogP contribution in [0.5, 0.6) is 0 Å². The van der Waals surface area contributed by atoms with Crippen LogP contribution in [0.3, 0.4) is 0 Å². The predicted octanol–water partition coefficient (Wildman–Crippen LogP) is 3.81. The summed E-state index contributed by atoms with van der Waals surface area (Å²) < 4.78 is 2.36. The summed E-state index contributed by atoms with van der Waals surface area (Å²) >= 11 is 5.41. The van der Waals surface area contributed by atoms with Crippen LogP contribution in [-0.2, 0) is 0 Å². The van der Waals surface area contributed by atoms with Crippen molar-refractivity contribution in [3.05, 3.63) is 39.4 Å². The van der Waals surface area contributed by atoms with Gasteiger partial charge >= 0.3 is 0 Å². The number of rotatable bonds is 1. The minimum absolute atomic E-state index is 0.0538. The summed E-state index contributed by atoms with van der Waals surface area (Å²) in [6.45, 7) is 2.22. The second-order valence-electron chi connectivity index (χ2n) is 5.48. The maximum Gasteiger partial charge on any atom is 0.262 e. The summed E-state index contributed by atoms with van der Waals surface area (Å²) in [7, 11) is 0. The molecule has 2 atom stereocenters. The highest BCUT2D eigenvalue weighted by Gasteiger charge is 2.25. The monoisotopic (exact) mass is 274 g/mol. The molecule has 0 bridgehead atoms. The molecule has 3 rings (SSSR count). The molecule has 1 aromatic carbocycles. The molecule has 1 heterocycles. The number of hydrogen-bond acceptors (Lipinski definition) is 2. The molecule has 0 spiro atoms. The lowest BCUT2D eigenvalue weighted by Gasteiger charge is -2.30. The first-order chi connectivity index (χ1) is 9.18. The van der Waals surface area contributed by atoms with Crippen LogP contribution in [0.1, 0.15) is 38.6 Å². The van der Waals surface area contributed by atoms with Crippen LogP contribution in [0.4, 0.5) is 0 Å². The Bertz CT molecular complexity index is 716. The number of benzene rings is 1. The molecule has 3 nitrogen and oxygen atoms in total. The van der Waals surface area contributed by atoms with Gasteiger partial charge in [0.25, 0.3) is 5.56 Å². The van der Waals surface area contributed by atoms with E-state index in [2.05, 4.69) is 11.9 Å². The number of nitrogens with one attached hydrogen (secondary N) is 1. The summed E-state index contributed by atoms with van der Waals surface area (Å²) in [5.41, 5.74) is 0.885. The van der Waals surface area contributed by atoms with E-state index >= 15 is 0 Å². The maximum absolute atomic E-state index is 12.7. The summed E-state index contributed by atoms with van der Waals surface area (Å²) in [5, 5.41) is 0.730. The molecule has 1 aliphatic rings. The van der Waals surface area contributed by atoms with E-state index in [-0.39, 0.29) is 11.6 Å². The highest BCUT2D eigenvalue weighted by molar-refractivity contribution is 7.71. The molecule has 100 valence electrons. The van der Waals surface area contributed by atoms with Crippen molar-refractivity contribution < 1.29 is 0 Å². The van der Waals surface area contributed by atoms with Crippen molar-refractivity contribution in [1.29, 1.82) is 0 Å². The number of nitrogens with zero attached hydrogens (tertiary/aromatic N) is 1. The Morgan fingerprint density at radius 1 is 1.26 bits per heavy atom. The fraction of sp³-hybridized carbons (Fsp3) is 0.467. The van der Waals surface area contributed by atoms with Gasteiger partial charge in [-0.05, 0) is 43.1 Å². The molecule has 0 aliphatic heterocycles. The van der Waals surface area contributed by atoms with Gasteiger partial charge in [-0.1, -0.05) is 31.9 Å². The third-order valence-electron chi connectivity index (χ3n) is 4.23. The van der Waals surface area contributed by atoms with Crippen molar-refractivity contribution in [2.24, 2.45) is 5.92 Å². The Morgan fingerprint density at radius 3 is 2.79 bits per heavy atom. The summed E-state index contributed by atoms with van der Waals surface area (Å²) in [4.78, 5) is 15.9. The Morgan fingerprint density at radius 2 is 2.00 bits per heavy atom. The summed E-state index contributed by atoms with van der Waals surface area (Å²) in [5.74, 6) is 0.516. The van der Waals surface area contributed by atoms with Gasteiger partial charge in [0.15, 0.2) is 4.77 Å². The first-order valence-electron chi connectivity index (χ1n) is 6.92. The summed E-state index contributed by atoms with van der Waals surface area (Å²) in [6.07, 6.45) is 4.68. The maximum atomic E-state index is 12.7. The van der Waals surface area contributed by atoms with Gasteiger partial charge in [0.1, 0.15) is 0 Å². The van der Waals surface area contributed by atoms with E-state index in [1.165, 1.54) is 19.3 Å². The first-order valence-corrected chi connectivity index (χ1v) is 7.33. The third-order valence-corrected chi connectivity index (χ3v) is 4.53. The van der Waals surface area contributed by atoms with Crippen LogP contribution in [0.25, 0.3) is 10.9 Å². The normalized spacial score (nSPS) is 23.6. The van der Waals surface area contributed by atoms with E-state index in [4.69, 9.17) is 12.2 Å². The van der Waals surface area contributed by atoms with Crippen LogP contribution in [0.15, 0.2) is 29.1 Å². The number of para-hydroxylation sites is 1. The molecule has 1 aliphatic carbocycles. The molecular formula is C15H18N2OS. The van der Waals surface area contributed by atoms with Gasteiger partial charge in [0.2, 0.25) is 0 Å². The molecule has 0 amide bonds. The quantitative estimate of drug-likeness (QED) is 0.803.